The third-order valence-electron chi connectivity index (χ3n) is 5.56. The number of nitrogens with one attached hydrogen (secondary N) is 1. The molecule has 6 nitrogen and oxygen atoms in total. The molecule has 0 bridgehead atoms. The van der Waals surface area contributed by atoms with Crippen LogP contribution < -0.4 is 14.8 Å². The molecular formula is C24H32ClFN4O2S. The number of hydrogen-bond acceptors (Lipinski definition) is 7. The summed E-state index contributed by atoms with van der Waals surface area (Å²) in [6.07, 6.45) is 0.424. The zero-order chi connectivity index (χ0) is 24.2. The van der Waals surface area contributed by atoms with Gasteiger partial charge in [0.2, 0.25) is 0 Å². The predicted octanol–water partition coefficient (Wildman–Crippen LogP) is 5.40. The molecule has 1 N–H and O–H groups in total. The van der Waals surface area contributed by atoms with Gasteiger partial charge in [-0.2, -0.15) is 0 Å². The molecule has 1 aromatic carbocycles. The fourth-order valence-corrected chi connectivity index (χ4v) is 5.00. The smallest absolute Gasteiger partial charge is 0.140 e. The normalized spacial score (nSPS) is 21.7. The number of pyridine rings is 1. The molecule has 3 rings (SSSR count). The number of rotatable bonds is 10. The van der Waals surface area contributed by atoms with E-state index < -0.39 is 5.67 Å². The van der Waals surface area contributed by atoms with Crippen molar-refractivity contribution in [2.75, 3.05) is 33.2 Å². The SMILES string of the molecule is C=N/C(=C\SCNC(C)C)c1cc(OC)c2ccc(OCC3CC(C)(F)CN3C)c(Cl)c2n1. The highest BCUT2D eigenvalue weighted by molar-refractivity contribution is 8.02. The van der Waals surface area contributed by atoms with Crippen LogP contribution in [0, 0.1) is 0 Å². The molecule has 1 fully saturated rings. The third kappa shape index (κ3) is 6.38. The molecule has 0 amide bonds. The van der Waals surface area contributed by atoms with Gasteiger partial charge in [0.15, 0.2) is 0 Å². The summed E-state index contributed by atoms with van der Waals surface area (Å²) in [6.45, 7) is 10.2. The van der Waals surface area contributed by atoms with Crippen LogP contribution in [0.25, 0.3) is 16.6 Å². The summed E-state index contributed by atoms with van der Waals surface area (Å²) in [4.78, 5) is 10.9. The fourth-order valence-electron chi connectivity index (χ4n) is 3.87. The second-order valence-corrected chi connectivity index (χ2v) is 10.0. The second kappa shape index (κ2) is 11.0. The number of hydrogen-bond donors (Lipinski definition) is 1. The van der Waals surface area contributed by atoms with Crippen molar-refractivity contribution in [1.82, 2.24) is 15.2 Å². The molecule has 33 heavy (non-hydrogen) atoms. The minimum absolute atomic E-state index is 0.0171. The molecule has 0 saturated carbocycles. The second-order valence-electron chi connectivity index (χ2n) is 8.81. The number of alkyl halides is 1. The van der Waals surface area contributed by atoms with Crippen molar-refractivity contribution in [2.24, 2.45) is 4.99 Å². The highest BCUT2D eigenvalue weighted by Crippen LogP contribution is 2.38. The minimum atomic E-state index is -1.21. The van der Waals surface area contributed by atoms with Crippen LogP contribution in [0.15, 0.2) is 28.6 Å². The topological polar surface area (TPSA) is 59.0 Å². The van der Waals surface area contributed by atoms with Crippen molar-refractivity contribution < 1.29 is 13.9 Å². The van der Waals surface area contributed by atoms with Gasteiger partial charge in [-0.05, 0) is 32.8 Å². The Morgan fingerprint density at radius 1 is 1.48 bits per heavy atom. The summed E-state index contributed by atoms with van der Waals surface area (Å²) in [5, 5.41) is 6.40. The average Bonchev–Trinajstić information content (AvgIpc) is 3.03. The molecule has 1 aliphatic heterocycles. The number of benzene rings is 1. The molecule has 1 aromatic heterocycles. The maximum absolute atomic E-state index is 14.3. The number of likely N-dealkylation sites (N-methyl/N-ethyl adjacent to an activating group) is 1. The van der Waals surface area contributed by atoms with E-state index in [0.717, 1.165) is 11.3 Å². The number of aromatic nitrogens is 1. The van der Waals surface area contributed by atoms with E-state index in [1.807, 2.05) is 29.5 Å². The summed E-state index contributed by atoms with van der Waals surface area (Å²) in [5.41, 5.74) is 0.582. The Hall–Kier alpha value is -1.87. The maximum Gasteiger partial charge on any atom is 0.140 e. The van der Waals surface area contributed by atoms with Gasteiger partial charge in [0, 0.05) is 47.8 Å². The molecule has 180 valence electrons. The van der Waals surface area contributed by atoms with Gasteiger partial charge in [-0.25, -0.2) is 9.37 Å². The number of aliphatic imine (C=N–C) groups is 1. The minimum Gasteiger partial charge on any atom is -0.496 e. The zero-order valence-electron chi connectivity index (χ0n) is 19.8. The molecule has 2 aromatic rings. The van der Waals surface area contributed by atoms with Crippen molar-refractivity contribution in [2.45, 2.75) is 44.9 Å². The Balaban J connectivity index is 1.88. The number of ether oxygens (including phenoxy) is 2. The number of nitrogens with zero attached hydrogens (tertiary/aromatic N) is 3. The van der Waals surface area contributed by atoms with Crippen LogP contribution in [0.5, 0.6) is 11.5 Å². The monoisotopic (exact) mass is 494 g/mol. The van der Waals surface area contributed by atoms with Crippen LogP contribution in [0.4, 0.5) is 4.39 Å². The predicted molar refractivity (Wildman–Crippen MR) is 138 cm³/mol. The molecule has 0 spiro atoms. The first-order valence-corrected chi connectivity index (χ1v) is 12.3. The number of fused-ring (bicyclic) bond motifs is 1. The van der Waals surface area contributed by atoms with E-state index in [2.05, 4.69) is 30.9 Å². The van der Waals surface area contributed by atoms with E-state index in [9.17, 15) is 4.39 Å². The highest BCUT2D eigenvalue weighted by Gasteiger charge is 2.39. The summed E-state index contributed by atoms with van der Waals surface area (Å²) in [7, 11) is 3.51. The molecule has 2 atom stereocenters. The summed E-state index contributed by atoms with van der Waals surface area (Å²) in [6, 6.07) is 5.87. The van der Waals surface area contributed by atoms with E-state index >= 15 is 0 Å². The Kier molecular flexibility index (Phi) is 8.61. The van der Waals surface area contributed by atoms with Crippen LogP contribution in [0.1, 0.15) is 32.9 Å². The number of likely N-dealkylation sites (tertiary alicyclic amines) is 1. The molecule has 1 aliphatic rings. The zero-order valence-corrected chi connectivity index (χ0v) is 21.4. The van der Waals surface area contributed by atoms with Crippen molar-refractivity contribution >= 4 is 46.7 Å². The van der Waals surface area contributed by atoms with E-state index in [1.165, 1.54) is 0 Å². The molecule has 9 heteroatoms. The van der Waals surface area contributed by atoms with E-state index in [1.54, 1.807) is 31.9 Å². The largest absolute Gasteiger partial charge is 0.496 e. The Labute approximate surface area is 204 Å². The lowest BCUT2D eigenvalue weighted by Crippen LogP contribution is -2.30. The van der Waals surface area contributed by atoms with E-state index in [-0.39, 0.29) is 6.04 Å². The van der Waals surface area contributed by atoms with Crippen LogP contribution >= 0.6 is 23.4 Å². The van der Waals surface area contributed by atoms with Gasteiger partial charge >= 0.3 is 0 Å². The number of methoxy groups -OCH3 is 1. The molecule has 0 radical (unpaired) electrons. The highest BCUT2D eigenvalue weighted by atomic mass is 35.5. The van der Waals surface area contributed by atoms with E-state index in [0.29, 0.717) is 59.0 Å². The Morgan fingerprint density at radius 2 is 2.24 bits per heavy atom. The van der Waals surface area contributed by atoms with Crippen LogP contribution in [0.3, 0.4) is 0 Å². The first-order valence-electron chi connectivity index (χ1n) is 10.9. The average molecular weight is 495 g/mol. The number of halogens is 2. The standard InChI is InChI=1S/C24H32ClFN4O2S/c1-15(2)28-14-33-12-19(27-4)18-9-21(31-6)17-7-8-20(22(25)23(17)29-18)32-11-16-10-24(3,26)13-30(16)5/h7-9,12,15-16,28H,4,10-11,13-14H2,1-3,5-6H3/b19-12-. The number of thioether (sulfide) groups is 1. The van der Waals surface area contributed by atoms with Crippen molar-refractivity contribution in [3.05, 3.63) is 34.3 Å². The van der Waals surface area contributed by atoms with Crippen molar-refractivity contribution in [1.29, 1.82) is 0 Å². The summed E-state index contributed by atoms with van der Waals surface area (Å²) >= 11 is 8.30. The molecule has 0 aliphatic carbocycles. The molecular weight excluding hydrogens is 463 g/mol. The quantitative estimate of drug-likeness (QED) is 0.271. The van der Waals surface area contributed by atoms with Gasteiger partial charge in [0.25, 0.3) is 0 Å². The lowest BCUT2D eigenvalue weighted by Gasteiger charge is -2.20. The van der Waals surface area contributed by atoms with Crippen molar-refractivity contribution in [3.8, 4) is 11.5 Å². The summed E-state index contributed by atoms with van der Waals surface area (Å²) < 4.78 is 25.9. The first-order chi connectivity index (χ1) is 15.6. The lowest BCUT2D eigenvalue weighted by molar-refractivity contribution is 0.194. The third-order valence-corrected chi connectivity index (χ3v) is 6.65. The van der Waals surface area contributed by atoms with Crippen LogP contribution in [0.2, 0.25) is 5.02 Å². The van der Waals surface area contributed by atoms with Gasteiger partial charge in [-0.1, -0.05) is 25.4 Å². The maximum atomic E-state index is 14.3. The van der Waals surface area contributed by atoms with Crippen molar-refractivity contribution in [3.63, 3.8) is 0 Å². The van der Waals surface area contributed by atoms with Crippen LogP contribution in [-0.2, 0) is 0 Å². The molecule has 1 saturated heterocycles. The first kappa shape index (κ1) is 25.7. The van der Waals surface area contributed by atoms with E-state index in [4.69, 9.17) is 26.1 Å². The van der Waals surface area contributed by atoms with Gasteiger partial charge in [-0.15, -0.1) is 11.8 Å². The Bertz CT molecular complexity index is 1030. The molecule has 2 unspecified atom stereocenters. The lowest BCUT2D eigenvalue weighted by atomic mass is 10.1. The van der Waals surface area contributed by atoms with Gasteiger partial charge in [-0.3, -0.25) is 9.89 Å². The van der Waals surface area contributed by atoms with Gasteiger partial charge in [0.1, 0.15) is 28.8 Å². The summed E-state index contributed by atoms with van der Waals surface area (Å²) in [5.74, 6) is 1.88. The molecule has 2 heterocycles. The fraction of sp³-hybridized carbons (Fsp3) is 0.500. The van der Waals surface area contributed by atoms with Crippen LogP contribution in [-0.4, -0.2) is 67.5 Å². The van der Waals surface area contributed by atoms with Gasteiger partial charge in [0.05, 0.1) is 24.0 Å². The van der Waals surface area contributed by atoms with Gasteiger partial charge < -0.3 is 14.8 Å². The Morgan fingerprint density at radius 3 is 2.85 bits per heavy atom.